The lowest BCUT2D eigenvalue weighted by molar-refractivity contribution is -0.162. The maximum Gasteiger partial charge on any atom is 0.415 e. The minimum absolute atomic E-state index is 0.0755. The minimum atomic E-state index is -4.73. The summed E-state index contributed by atoms with van der Waals surface area (Å²) in [6, 6.07) is 8.98. The Morgan fingerprint density at radius 3 is 2.24 bits per heavy atom. The zero-order chi connectivity index (χ0) is 33.4. The van der Waals surface area contributed by atoms with Gasteiger partial charge in [0.05, 0.1) is 23.2 Å². The van der Waals surface area contributed by atoms with Gasteiger partial charge in [0.1, 0.15) is 22.5 Å². The first kappa shape index (κ1) is 34.7. The van der Waals surface area contributed by atoms with Gasteiger partial charge in [0.15, 0.2) is 5.78 Å². The van der Waals surface area contributed by atoms with Gasteiger partial charge in [0.25, 0.3) is 10.0 Å². The molecule has 2 saturated heterocycles. The quantitative estimate of drug-likeness (QED) is 0.297. The molecule has 3 atom stereocenters. The fourth-order valence-electron chi connectivity index (χ4n) is 5.21. The fourth-order valence-corrected chi connectivity index (χ4v) is 8.40. The number of hydrogen-bond donors (Lipinski definition) is 2. The van der Waals surface area contributed by atoms with Gasteiger partial charge in [-0.3, -0.25) is 10.1 Å². The molecule has 246 valence electrons. The lowest BCUT2D eigenvalue weighted by Gasteiger charge is -2.41. The SMILES string of the molecule is CC1(C)CS[C@@H](C(=O)[C@](C)(C(=O)OC(C)(C)C)N(c2ccc(OC(=O)N3CCCC3CO)cc2)S(=O)(=O)c2ccc(F)cc2)N1. The standard InChI is InChI=1S/C31H40FN3O8S2/c1-29(2,3)43-27(38)31(6,25(37)26-33-30(4,5)19-44-26)35(45(40,41)24-15-9-20(32)10-16-24)21-11-13-23(14-12-21)42-28(39)34-17-7-8-22(34)18-36/h9-16,22,26,33,36H,7-8,17-19H2,1-6H3/t22?,26-,31+/m0/s1. The predicted octanol–water partition coefficient (Wildman–Crippen LogP) is 4.09. The number of hydrogen-bond acceptors (Lipinski definition) is 10. The number of aliphatic hydroxyl groups excluding tert-OH is 1. The van der Waals surface area contributed by atoms with Crippen LogP contribution in [0, 0.1) is 5.82 Å². The summed E-state index contributed by atoms with van der Waals surface area (Å²) < 4.78 is 54.6. The van der Waals surface area contributed by atoms with Crippen LogP contribution < -0.4 is 14.4 Å². The van der Waals surface area contributed by atoms with E-state index >= 15 is 0 Å². The van der Waals surface area contributed by atoms with E-state index in [-0.39, 0.29) is 29.0 Å². The van der Waals surface area contributed by atoms with Crippen molar-refractivity contribution < 1.29 is 41.8 Å². The van der Waals surface area contributed by atoms with E-state index < -0.39 is 55.7 Å². The van der Waals surface area contributed by atoms with E-state index in [4.69, 9.17) is 9.47 Å². The number of rotatable bonds is 9. The summed E-state index contributed by atoms with van der Waals surface area (Å²) >= 11 is 1.24. The van der Waals surface area contributed by atoms with Gasteiger partial charge in [-0.05, 0) is 103 Å². The van der Waals surface area contributed by atoms with Crippen molar-refractivity contribution in [3.8, 4) is 5.75 Å². The molecule has 0 saturated carbocycles. The number of nitrogens with zero attached hydrogens (tertiary/aromatic N) is 2. The largest absolute Gasteiger partial charge is 0.458 e. The third-order valence-corrected chi connectivity index (χ3v) is 11.0. The lowest BCUT2D eigenvalue weighted by atomic mass is 9.94. The number of carbonyl (C=O) groups excluding carboxylic acids is 3. The monoisotopic (exact) mass is 665 g/mol. The van der Waals surface area contributed by atoms with E-state index in [2.05, 4.69) is 5.32 Å². The highest BCUT2D eigenvalue weighted by Gasteiger charge is 2.57. The van der Waals surface area contributed by atoms with Gasteiger partial charge >= 0.3 is 12.1 Å². The van der Waals surface area contributed by atoms with Crippen molar-refractivity contribution in [3.05, 3.63) is 54.3 Å². The highest BCUT2D eigenvalue weighted by Crippen LogP contribution is 2.39. The Labute approximate surface area is 267 Å². The van der Waals surface area contributed by atoms with Crippen LogP contribution in [-0.2, 0) is 24.3 Å². The third kappa shape index (κ3) is 7.45. The number of sulfonamides is 1. The maximum atomic E-state index is 14.4. The van der Waals surface area contributed by atoms with Crippen molar-refractivity contribution >= 4 is 45.3 Å². The van der Waals surface area contributed by atoms with Crippen LogP contribution in [0.1, 0.15) is 54.4 Å². The minimum Gasteiger partial charge on any atom is -0.458 e. The Kier molecular flexibility index (Phi) is 9.93. The number of thioether (sulfide) groups is 1. The molecule has 2 aromatic carbocycles. The maximum absolute atomic E-state index is 14.4. The lowest BCUT2D eigenvalue weighted by Crippen LogP contribution is -2.65. The average molecular weight is 666 g/mol. The van der Waals surface area contributed by atoms with Crippen molar-refractivity contribution in [2.75, 3.05) is 23.2 Å². The molecule has 2 aliphatic heterocycles. The van der Waals surface area contributed by atoms with Gasteiger partial charge in [-0.15, -0.1) is 11.8 Å². The average Bonchev–Trinajstić information content (AvgIpc) is 3.58. The molecule has 11 nitrogen and oxygen atoms in total. The molecule has 2 N–H and O–H groups in total. The molecular weight excluding hydrogens is 625 g/mol. The molecule has 2 aliphatic rings. The van der Waals surface area contributed by atoms with Crippen LogP contribution in [0.3, 0.4) is 0 Å². The topological polar surface area (TPSA) is 143 Å². The number of esters is 1. The Balaban J connectivity index is 1.83. The van der Waals surface area contributed by atoms with Crippen molar-refractivity contribution in [2.24, 2.45) is 0 Å². The highest BCUT2D eigenvalue weighted by atomic mass is 32.2. The zero-order valence-electron chi connectivity index (χ0n) is 26.2. The summed E-state index contributed by atoms with van der Waals surface area (Å²) in [7, 11) is -4.73. The molecular formula is C31H40FN3O8S2. The van der Waals surface area contributed by atoms with E-state index in [9.17, 15) is 32.3 Å². The molecule has 4 rings (SSSR count). The Morgan fingerprint density at radius 1 is 1.09 bits per heavy atom. The number of ketones is 1. The first-order valence-corrected chi connectivity index (χ1v) is 17.1. The highest BCUT2D eigenvalue weighted by molar-refractivity contribution is 8.01. The summed E-state index contributed by atoms with van der Waals surface area (Å²) in [5.41, 5.74) is -4.10. The number of halogens is 1. The third-order valence-electron chi connectivity index (χ3n) is 7.50. The number of likely N-dealkylation sites (tertiary alicyclic amines) is 1. The van der Waals surface area contributed by atoms with Gasteiger partial charge in [-0.25, -0.2) is 26.7 Å². The molecule has 0 radical (unpaired) electrons. The Morgan fingerprint density at radius 2 is 1.71 bits per heavy atom. The number of aliphatic hydroxyl groups is 1. The van der Waals surface area contributed by atoms with Crippen molar-refractivity contribution in [2.45, 2.75) is 87.4 Å². The Bertz CT molecular complexity index is 1530. The fraction of sp³-hybridized carbons (Fsp3) is 0.516. The smallest absolute Gasteiger partial charge is 0.415 e. The van der Waals surface area contributed by atoms with Crippen LogP contribution in [0.5, 0.6) is 5.75 Å². The molecule has 14 heteroatoms. The molecule has 1 unspecified atom stereocenters. The zero-order valence-corrected chi connectivity index (χ0v) is 27.8. The summed E-state index contributed by atoms with van der Waals surface area (Å²) in [6.07, 6.45) is 0.692. The van der Waals surface area contributed by atoms with E-state index in [1.807, 2.05) is 13.8 Å². The van der Waals surface area contributed by atoms with Gasteiger partial charge in [-0.2, -0.15) is 0 Å². The van der Waals surface area contributed by atoms with E-state index in [0.29, 0.717) is 23.0 Å². The number of nitrogens with one attached hydrogen (secondary N) is 1. The number of anilines is 1. The number of ether oxygens (including phenoxy) is 2. The van der Waals surface area contributed by atoms with Crippen LogP contribution >= 0.6 is 11.8 Å². The summed E-state index contributed by atoms with van der Waals surface area (Å²) in [5, 5.41) is 11.8. The molecule has 0 aliphatic carbocycles. The molecule has 0 bridgehead atoms. The number of carbonyl (C=O) groups is 3. The summed E-state index contributed by atoms with van der Waals surface area (Å²) in [6.45, 7) is 10.0. The first-order chi connectivity index (χ1) is 20.9. The van der Waals surface area contributed by atoms with Gasteiger partial charge < -0.3 is 19.5 Å². The van der Waals surface area contributed by atoms with E-state index in [1.54, 1.807) is 20.8 Å². The molecule has 0 aromatic heterocycles. The summed E-state index contributed by atoms with van der Waals surface area (Å²) in [5.74, 6) is -1.93. The number of benzene rings is 2. The van der Waals surface area contributed by atoms with Crippen molar-refractivity contribution in [1.82, 2.24) is 10.2 Å². The van der Waals surface area contributed by atoms with Crippen LogP contribution in [0.15, 0.2) is 53.4 Å². The van der Waals surface area contributed by atoms with E-state index in [0.717, 1.165) is 30.7 Å². The number of amides is 1. The second kappa shape index (κ2) is 12.9. The van der Waals surface area contributed by atoms with E-state index in [1.165, 1.54) is 47.9 Å². The van der Waals surface area contributed by atoms with Crippen LogP contribution in [0.4, 0.5) is 14.9 Å². The van der Waals surface area contributed by atoms with Crippen molar-refractivity contribution in [3.63, 3.8) is 0 Å². The normalized spacial score (nSPS) is 21.2. The van der Waals surface area contributed by atoms with Gasteiger partial charge in [0.2, 0.25) is 5.54 Å². The first-order valence-electron chi connectivity index (χ1n) is 14.6. The summed E-state index contributed by atoms with van der Waals surface area (Å²) in [4.78, 5) is 42.3. The molecule has 2 heterocycles. The van der Waals surface area contributed by atoms with Gasteiger partial charge in [-0.1, -0.05) is 0 Å². The molecule has 1 amide bonds. The molecule has 2 fully saturated rings. The molecule has 2 aromatic rings. The Hall–Kier alpha value is -3.20. The van der Waals surface area contributed by atoms with Gasteiger partial charge in [0, 0.05) is 17.8 Å². The molecule has 0 spiro atoms. The van der Waals surface area contributed by atoms with Crippen molar-refractivity contribution in [1.29, 1.82) is 0 Å². The molecule has 45 heavy (non-hydrogen) atoms. The van der Waals surface area contributed by atoms with Crippen LogP contribution in [0.25, 0.3) is 0 Å². The second-order valence-electron chi connectivity index (χ2n) is 12.9. The van der Waals surface area contributed by atoms with Crippen LogP contribution in [-0.4, -0.2) is 83.3 Å². The predicted molar refractivity (Wildman–Crippen MR) is 168 cm³/mol. The second-order valence-corrected chi connectivity index (χ2v) is 15.8. The van der Waals surface area contributed by atoms with Crippen LogP contribution in [0.2, 0.25) is 0 Å². The number of Topliss-reactive ketones (excluding diaryl/α,β-unsaturated/α-hetero) is 1.